The maximum Gasteiger partial charge on any atom is 0.259 e. The van der Waals surface area contributed by atoms with E-state index in [0.717, 1.165) is 36.5 Å². The van der Waals surface area contributed by atoms with Crippen LogP contribution in [-0.4, -0.2) is 29.1 Å². The predicted molar refractivity (Wildman–Crippen MR) is 111 cm³/mol. The van der Waals surface area contributed by atoms with E-state index in [-0.39, 0.29) is 12.5 Å². The van der Waals surface area contributed by atoms with Gasteiger partial charge in [-0.05, 0) is 47.7 Å². The number of benzene rings is 2. The van der Waals surface area contributed by atoms with Crippen LogP contribution in [0.4, 0.5) is 11.5 Å². The highest BCUT2D eigenvalue weighted by molar-refractivity contribution is 6.07. The average Bonchev–Trinajstić information content (AvgIpc) is 3.18. The van der Waals surface area contributed by atoms with Crippen LogP contribution in [0.15, 0.2) is 66.9 Å². The van der Waals surface area contributed by atoms with E-state index in [1.165, 1.54) is 11.1 Å². The van der Waals surface area contributed by atoms with Gasteiger partial charge in [-0.2, -0.15) is 0 Å². The second-order valence-corrected chi connectivity index (χ2v) is 6.92. The van der Waals surface area contributed by atoms with E-state index in [1.54, 1.807) is 6.20 Å². The minimum absolute atomic E-state index is 0.00651. The first-order valence-electron chi connectivity index (χ1n) is 9.53. The Balaban J connectivity index is 1.34. The SMILES string of the molecule is O=C(c1ccc(NCCc2ccc(CO)cc2)nc1)N1CCc2ccccc21. The van der Waals surface area contributed by atoms with E-state index in [0.29, 0.717) is 12.1 Å². The van der Waals surface area contributed by atoms with Crippen LogP contribution < -0.4 is 10.2 Å². The molecule has 0 radical (unpaired) electrons. The normalized spacial score (nSPS) is 12.7. The molecule has 1 amide bonds. The van der Waals surface area contributed by atoms with Crippen LogP contribution in [0.5, 0.6) is 0 Å². The maximum absolute atomic E-state index is 12.8. The molecule has 0 aliphatic carbocycles. The zero-order valence-corrected chi connectivity index (χ0v) is 15.6. The Bertz CT molecular complexity index is 952. The first-order chi connectivity index (χ1) is 13.7. The standard InChI is InChI=1S/C23H23N3O2/c27-16-18-7-5-17(6-8-18)11-13-24-22-10-9-20(15-25-22)23(28)26-14-12-19-3-1-2-4-21(19)26/h1-10,15,27H,11-14,16H2,(H,24,25). The van der Waals surface area contributed by atoms with Gasteiger partial charge in [-0.3, -0.25) is 4.79 Å². The van der Waals surface area contributed by atoms with Crippen molar-refractivity contribution in [1.29, 1.82) is 0 Å². The van der Waals surface area contributed by atoms with Crippen molar-refractivity contribution in [2.75, 3.05) is 23.3 Å². The summed E-state index contributed by atoms with van der Waals surface area (Å²) in [6.45, 7) is 1.53. The number of hydrogen-bond donors (Lipinski definition) is 2. The maximum atomic E-state index is 12.8. The van der Waals surface area contributed by atoms with Gasteiger partial charge in [0.15, 0.2) is 0 Å². The smallest absolute Gasteiger partial charge is 0.259 e. The van der Waals surface area contributed by atoms with Gasteiger partial charge in [0.25, 0.3) is 5.91 Å². The number of fused-ring (bicyclic) bond motifs is 1. The highest BCUT2D eigenvalue weighted by Gasteiger charge is 2.25. The number of rotatable bonds is 6. The Morgan fingerprint density at radius 3 is 2.57 bits per heavy atom. The van der Waals surface area contributed by atoms with Crippen molar-refractivity contribution >= 4 is 17.4 Å². The van der Waals surface area contributed by atoms with Gasteiger partial charge >= 0.3 is 0 Å². The molecular formula is C23H23N3O2. The zero-order chi connectivity index (χ0) is 19.3. The van der Waals surface area contributed by atoms with Gasteiger partial charge < -0.3 is 15.3 Å². The van der Waals surface area contributed by atoms with Crippen LogP contribution in [0.3, 0.4) is 0 Å². The molecule has 0 unspecified atom stereocenters. The van der Waals surface area contributed by atoms with Gasteiger partial charge in [-0.15, -0.1) is 0 Å². The lowest BCUT2D eigenvalue weighted by molar-refractivity contribution is 0.0989. The molecule has 4 rings (SSSR count). The summed E-state index contributed by atoms with van der Waals surface area (Å²) in [5, 5.41) is 12.4. The van der Waals surface area contributed by atoms with Gasteiger partial charge in [-0.1, -0.05) is 42.5 Å². The molecule has 142 valence electrons. The minimum Gasteiger partial charge on any atom is -0.392 e. The lowest BCUT2D eigenvalue weighted by Crippen LogP contribution is -2.28. The summed E-state index contributed by atoms with van der Waals surface area (Å²) in [6, 6.07) is 19.6. The monoisotopic (exact) mass is 373 g/mol. The summed E-state index contributed by atoms with van der Waals surface area (Å²) in [5.41, 5.74) is 4.93. The highest BCUT2D eigenvalue weighted by atomic mass is 16.3. The molecule has 0 saturated heterocycles. The van der Waals surface area contributed by atoms with E-state index in [4.69, 9.17) is 5.11 Å². The Kier molecular flexibility index (Phi) is 5.35. The van der Waals surface area contributed by atoms with Crippen LogP contribution in [-0.2, 0) is 19.4 Å². The van der Waals surface area contributed by atoms with Crippen molar-refractivity contribution in [3.63, 3.8) is 0 Å². The third kappa shape index (κ3) is 3.89. The van der Waals surface area contributed by atoms with Crippen LogP contribution in [0.25, 0.3) is 0 Å². The fourth-order valence-electron chi connectivity index (χ4n) is 3.48. The number of hydrogen-bond acceptors (Lipinski definition) is 4. The Morgan fingerprint density at radius 1 is 1.04 bits per heavy atom. The van der Waals surface area contributed by atoms with E-state index in [2.05, 4.69) is 16.4 Å². The van der Waals surface area contributed by atoms with Gasteiger partial charge in [0.2, 0.25) is 0 Å². The minimum atomic E-state index is -0.00651. The average molecular weight is 373 g/mol. The molecular weight excluding hydrogens is 350 g/mol. The Labute approximate surface area is 164 Å². The number of pyridine rings is 1. The molecule has 0 saturated carbocycles. The molecule has 0 fully saturated rings. The van der Waals surface area contributed by atoms with Crippen molar-refractivity contribution in [2.24, 2.45) is 0 Å². The van der Waals surface area contributed by atoms with E-state index < -0.39 is 0 Å². The summed E-state index contributed by atoms with van der Waals surface area (Å²) in [5.74, 6) is 0.748. The number of para-hydroxylation sites is 1. The third-order valence-electron chi connectivity index (χ3n) is 5.07. The molecule has 1 aromatic heterocycles. The number of nitrogens with one attached hydrogen (secondary N) is 1. The highest BCUT2D eigenvalue weighted by Crippen LogP contribution is 2.28. The molecule has 5 nitrogen and oxygen atoms in total. The lowest BCUT2D eigenvalue weighted by atomic mass is 10.1. The van der Waals surface area contributed by atoms with Crippen molar-refractivity contribution in [1.82, 2.24) is 4.98 Å². The van der Waals surface area contributed by atoms with Gasteiger partial charge in [0.05, 0.1) is 12.2 Å². The second-order valence-electron chi connectivity index (χ2n) is 6.92. The number of aromatic nitrogens is 1. The molecule has 2 N–H and O–H groups in total. The van der Waals surface area contributed by atoms with Gasteiger partial charge in [0, 0.05) is 25.0 Å². The largest absolute Gasteiger partial charge is 0.392 e. The quantitative estimate of drug-likeness (QED) is 0.695. The molecule has 5 heteroatoms. The number of amides is 1. The van der Waals surface area contributed by atoms with Crippen LogP contribution >= 0.6 is 0 Å². The second kappa shape index (κ2) is 8.23. The van der Waals surface area contributed by atoms with Crippen LogP contribution in [0.1, 0.15) is 27.0 Å². The number of carbonyl (C=O) groups excluding carboxylic acids is 1. The first-order valence-corrected chi connectivity index (χ1v) is 9.53. The Hall–Kier alpha value is -3.18. The molecule has 0 atom stereocenters. The third-order valence-corrected chi connectivity index (χ3v) is 5.07. The van der Waals surface area contributed by atoms with E-state index in [1.807, 2.05) is 59.5 Å². The summed E-state index contributed by atoms with van der Waals surface area (Å²) in [4.78, 5) is 19.0. The molecule has 0 bridgehead atoms. The van der Waals surface area contributed by atoms with Gasteiger partial charge in [-0.25, -0.2) is 4.98 Å². The molecule has 2 aromatic carbocycles. The van der Waals surface area contributed by atoms with Crippen molar-refractivity contribution in [2.45, 2.75) is 19.4 Å². The number of aliphatic hydroxyl groups is 1. The summed E-state index contributed by atoms with van der Waals surface area (Å²) < 4.78 is 0. The molecule has 2 heterocycles. The molecule has 28 heavy (non-hydrogen) atoms. The fraction of sp³-hybridized carbons (Fsp3) is 0.217. The summed E-state index contributed by atoms with van der Waals surface area (Å²) in [6.07, 6.45) is 3.40. The predicted octanol–water partition coefficient (Wildman–Crippen LogP) is 3.43. The van der Waals surface area contributed by atoms with Crippen molar-refractivity contribution in [3.05, 3.63) is 89.1 Å². The van der Waals surface area contributed by atoms with E-state index >= 15 is 0 Å². The van der Waals surface area contributed by atoms with Crippen molar-refractivity contribution < 1.29 is 9.90 Å². The summed E-state index contributed by atoms with van der Waals surface area (Å²) in [7, 11) is 0. The van der Waals surface area contributed by atoms with Crippen LogP contribution in [0, 0.1) is 0 Å². The van der Waals surface area contributed by atoms with Crippen LogP contribution in [0.2, 0.25) is 0 Å². The number of anilines is 2. The molecule has 1 aliphatic rings. The molecule has 1 aliphatic heterocycles. The number of aliphatic hydroxyl groups excluding tert-OH is 1. The van der Waals surface area contributed by atoms with Crippen molar-refractivity contribution in [3.8, 4) is 0 Å². The molecule has 0 spiro atoms. The zero-order valence-electron chi connectivity index (χ0n) is 15.6. The fourth-order valence-corrected chi connectivity index (χ4v) is 3.48. The first kappa shape index (κ1) is 18.2. The lowest BCUT2D eigenvalue weighted by Gasteiger charge is -2.17. The number of nitrogens with zero attached hydrogens (tertiary/aromatic N) is 2. The van der Waals surface area contributed by atoms with Gasteiger partial charge in [0.1, 0.15) is 5.82 Å². The number of carbonyl (C=O) groups is 1. The Morgan fingerprint density at radius 2 is 1.82 bits per heavy atom. The molecule has 3 aromatic rings. The summed E-state index contributed by atoms with van der Waals surface area (Å²) >= 11 is 0. The topological polar surface area (TPSA) is 65.5 Å². The van der Waals surface area contributed by atoms with E-state index in [9.17, 15) is 4.79 Å².